The van der Waals surface area contributed by atoms with E-state index < -0.39 is 29.2 Å². The maximum Gasteiger partial charge on any atom is 0.407 e. The van der Waals surface area contributed by atoms with Gasteiger partial charge in [-0.2, -0.15) is 0 Å². The van der Waals surface area contributed by atoms with Crippen LogP contribution < -0.4 is 5.32 Å². The smallest absolute Gasteiger partial charge is 0.407 e. The van der Waals surface area contributed by atoms with Gasteiger partial charge in [-0.05, 0) is 42.5 Å². The normalized spacial score (nSPS) is 28.1. The molecule has 2 aliphatic heterocycles. The molecule has 4 rings (SSSR count). The topological polar surface area (TPSA) is 78.9 Å². The molecule has 2 heterocycles. The van der Waals surface area contributed by atoms with Crippen LogP contribution >= 0.6 is 0 Å². The number of benzene rings is 1. The quantitative estimate of drug-likeness (QED) is 0.853. The molecule has 2 amide bonds. The minimum Gasteiger partial charge on any atom is -0.465 e. The van der Waals surface area contributed by atoms with Crippen LogP contribution in [0, 0.1) is 17.6 Å². The second-order valence-corrected chi connectivity index (χ2v) is 6.92. The molecule has 0 bridgehead atoms. The van der Waals surface area contributed by atoms with Crippen LogP contribution in [-0.4, -0.2) is 41.1 Å². The third-order valence-corrected chi connectivity index (χ3v) is 5.32. The standard InChI is InChI=1S/C17H18F2N2O4/c18-13-5-9-8-25-17(11(9)6-14(13)19)3-4-21(16(23)24)7-12(17)15(22)20-10-1-2-10/h5-6,10,12H,1-4,7-8H2,(H,20,22)(H,23,24)/t12-,17+/m1/s1. The predicted octanol–water partition coefficient (Wildman–Crippen LogP) is 1.97. The van der Waals surface area contributed by atoms with Crippen LogP contribution in [0.1, 0.15) is 30.4 Å². The van der Waals surface area contributed by atoms with E-state index in [2.05, 4.69) is 5.32 Å². The maximum absolute atomic E-state index is 13.8. The molecular weight excluding hydrogens is 334 g/mol. The van der Waals surface area contributed by atoms with Crippen molar-refractivity contribution >= 4 is 12.0 Å². The van der Waals surface area contributed by atoms with E-state index in [1.54, 1.807) is 0 Å². The number of ether oxygens (including phenoxy) is 1. The minimum atomic E-state index is -1.12. The van der Waals surface area contributed by atoms with E-state index in [9.17, 15) is 23.5 Å². The van der Waals surface area contributed by atoms with Crippen molar-refractivity contribution in [2.75, 3.05) is 13.1 Å². The Labute approximate surface area is 142 Å². The Morgan fingerprint density at radius 2 is 2.00 bits per heavy atom. The number of amides is 2. The third kappa shape index (κ3) is 2.64. The molecule has 2 fully saturated rings. The predicted molar refractivity (Wildman–Crippen MR) is 81.7 cm³/mol. The van der Waals surface area contributed by atoms with Gasteiger partial charge in [0.1, 0.15) is 5.60 Å². The van der Waals surface area contributed by atoms with Gasteiger partial charge in [0.25, 0.3) is 0 Å². The van der Waals surface area contributed by atoms with Gasteiger partial charge < -0.3 is 20.1 Å². The fourth-order valence-corrected chi connectivity index (χ4v) is 3.81. The van der Waals surface area contributed by atoms with E-state index in [4.69, 9.17) is 4.74 Å². The summed E-state index contributed by atoms with van der Waals surface area (Å²) in [5.41, 5.74) is -0.159. The summed E-state index contributed by atoms with van der Waals surface area (Å²) in [5, 5.41) is 12.2. The van der Waals surface area contributed by atoms with E-state index in [1.165, 1.54) is 4.90 Å². The molecular formula is C17H18F2N2O4. The highest BCUT2D eigenvalue weighted by Crippen LogP contribution is 2.48. The molecule has 1 saturated carbocycles. The largest absolute Gasteiger partial charge is 0.465 e. The zero-order valence-corrected chi connectivity index (χ0v) is 13.4. The average Bonchev–Trinajstić information content (AvgIpc) is 3.33. The SMILES string of the molecule is O=C(NC1CC1)[C@H]1CN(C(=O)O)CC[C@@]12OCc1cc(F)c(F)cc12. The van der Waals surface area contributed by atoms with Gasteiger partial charge in [-0.1, -0.05) is 0 Å². The summed E-state index contributed by atoms with van der Waals surface area (Å²) >= 11 is 0. The number of hydrogen-bond donors (Lipinski definition) is 2. The molecule has 8 heteroatoms. The summed E-state index contributed by atoms with van der Waals surface area (Å²) in [6.07, 6.45) is 0.902. The van der Waals surface area contributed by atoms with Crippen LogP contribution in [-0.2, 0) is 21.7 Å². The van der Waals surface area contributed by atoms with Gasteiger partial charge in [-0.15, -0.1) is 0 Å². The Morgan fingerprint density at radius 1 is 1.28 bits per heavy atom. The summed E-state index contributed by atoms with van der Waals surface area (Å²) in [7, 11) is 0. The first-order chi connectivity index (χ1) is 11.9. The molecule has 3 aliphatic rings. The van der Waals surface area contributed by atoms with Crippen LogP contribution in [0.2, 0.25) is 0 Å². The highest BCUT2D eigenvalue weighted by Gasteiger charge is 2.54. The molecule has 2 atom stereocenters. The fourth-order valence-electron chi connectivity index (χ4n) is 3.81. The van der Waals surface area contributed by atoms with E-state index in [-0.39, 0.29) is 38.1 Å². The van der Waals surface area contributed by atoms with Crippen LogP contribution in [0.5, 0.6) is 0 Å². The Kier molecular flexibility index (Phi) is 3.68. The van der Waals surface area contributed by atoms with Gasteiger partial charge in [0, 0.05) is 19.1 Å². The van der Waals surface area contributed by atoms with E-state index >= 15 is 0 Å². The number of piperidine rings is 1. The monoisotopic (exact) mass is 352 g/mol. The number of fused-ring (bicyclic) bond motifs is 2. The molecule has 6 nitrogen and oxygen atoms in total. The second-order valence-electron chi connectivity index (χ2n) is 6.92. The first kappa shape index (κ1) is 16.3. The summed E-state index contributed by atoms with van der Waals surface area (Å²) in [5.74, 6) is -3.05. The number of hydrogen-bond acceptors (Lipinski definition) is 3. The molecule has 1 spiro atoms. The number of nitrogens with zero attached hydrogens (tertiary/aromatic N) is 1. The van der Waals surface area contributed by atoms with Crippen LogP contribution in [0.15, 0.2) is 12.1 Å². The Morgan fingerprint density at radius 3 is 2.68 bits per heavy atom. The molecule has 1 aliphatic carbocycles. The summed E-state index contributed by atoms with van der Waals surface area (Å²) < 4.78 is 33.3. The van der Waals surface area contributed by atoms with Crippen molar-refractivity contribution in [3.05, 3.63) is 34.9 Å². The molecule has 1 aromatic carbocycles. The van der Waals surface area contributed by atoms with Gasteiger partial charge in [-0.3, -0.25) is 4.79 Å². The van der Waals surface area contributed by atoms with Crippen LogP contribution in [0.4, 0.5) is 13.6 Å². The van der Waals surface area contributed by atoms with Gasteiger partial charge in [-0.25, -0.2) is 13.6 Å². The summed E-state index contributed by atoms with van der Waals surface area (Å²) in [6.45, 7) is 0.208. The maximum atomic E-state index is 13.8. The molecule has 2 N–H and O–H groups in total. The van der Waals surface area contributed by atoms with Crippen molar-refractivity contribution < 1.29 is 28.2 Å². The van der Waals surface area contributed by atoms with Gasteiger partial charge in [0.15, 0.2) is 11.6 Å². The molecule has 0 unspecified atom stereocenters. The number of carbonyl (C=O) groups is 2. The summed E-state index contributed by atoms with van der Waals surface area (Å²) in [6, 6.07) is 2.29. The lowest BCUT2D eigenvalue weighted by Gasteiger charge is -2.43. The van der Waals surface area contributed by atoms with Gasteiger partial charge >= 0.3 is 6.09 Å². The first-order valence-electron chi connectivity index (χ1n) is 8.31. The number of nitrogens with one attached hydrogen (secondary N) is 1. The Hall–Kier alpha value is -2.22. The van der Waals surface area contributed by atoms with Crippen molar-refractivity contribution in [2.24, 2.45) is 5.92 Å². The van der Waals surface area contributed by atoms with Gasteiger partial charge in [0.2, 0.25) is 5.91 Å². The average molecular weight is 352 g/mol. The third-order valence-electron chi connectivity index (χ3n) is 5.32. The minimum absolute atomic E-state index is 0.0354. The zero-order chi connectivity index (χ0) is 17.8. The van der Waals surface area contributed by atoms with E-state index in [0.29, 0.717) is 11.1 Å². The lowest BCUT2D eigenvalue weighted by molar-refractivity contribution is -0.152. The van der Waals surface area contributed by atoms with Crippen molar-refractivity contribution in [2.45, 2.75) is 37.5 Å². The molecule has 1 aromatic rings. The number of carboxylic acid groups (broad SMARTS) is 1. The highest BCUT2D eigenvalue weighted by atomic mass is 19.2. The molecule has 0 radical (unpaired) electrons. The second kappa shape index (κ2) is 5.66. The van der Waals surface area contributed by atoms with E-state index in [0.717, 1.165) is 25.0 Å². The highest BCUT2D eigenvalue weighted by molar-refractivity contribution is 5.82. The summed E-state index contributed by atoms with van der Waals surface area (Å²) in [4.78, 5) is 25.3. The lowest BCUT2D eigenvalue weighted by Crippen LogP contribution is -2.56. The Bertz CT molecular complexity index is 752. The van der Waals surface area contributed by atoms with Crippen molar-refractivity contribution in [1.29, 1.82) is 0 Å². The van der Waals surface area contributed by atoms with Crippen molar-refractivity contribution in [3.8, 4) is 0 Å². The van der Waals surface area contributed by atoms with Gasteiger partial charge in [0.05, 0.1) is 12.5 Å². The zero-order valence-electron chi connectivity index (χ0n) is 13.4. The van der Waals surface area contributed by atoms with Crippen LogP contribution in [0.25, 0.3) is 0 Å². The molecule has 1 saturated heterocycles. The number of likely N-dealkylation sites (tertiary alicyclic amines) is 1. The number of halogens is 2. The number of rotatable bonds is 2. The Balaban J connectivity index is 1.73. The van der Waals surface area contributed by atoms with Crippen molar-refractivity contribution in [3.63, 3.8) is 0 Å². The van der Waals surface area contributed by atoms with Crippen LogP contribution in [0.3, 0.4) is 0 Å². The first-order valence-corrected chi connectivity index (χ1v) is 8.31. The molecule has 0 aromatic heterocycles. The van der Waals surface area contributed by atoms with E-state index in [1.807, 2.05) is 0 Å². The number of carbonyl (C=O) groups excluding carboxylic acids is 1. The molecule has 134 valence electrons. The lowest BCUT2D eigenvalue weighted by atomic mass is 9.75. The molecule has 25 heavy (non-hydrogen) atoms. The fraction of sp³-hybridized carbons (Fsp3) is 0.529. The van der Waals surface area contributed by atoms with Crippen molar-refractivity contribution in [1.82, 2.24) is 10.2 Å².